The van der Waals surface area contributed by atoms with Crippen molar-refractivity contribution in [2.45, 2.75) is 43.0 Å². The van der Waals surface area contributed by atoms with E-state index in [1.807, 2.05) is 0 Å². The Labute approximate surface area is 93.2 Å². The van der Waals surface area contributed by atoms with E-state index in [1.54, 1.807) is 11.8 Å². The SMILES string of the molecule is CSCc1noc(C2CC3CCC2N3)n1. The first-order valence-electron chi connectivity index (χ1n) is 5.44. The lowest BCUT2D eigenvalue weighted by atomic mass is 9.89. The zero-order chi connectivity index (χ0) is 10.3. The van der Waals surface area contributed by atoms with E-state index in [1.165, 1.54) is 19.3 Å². The molecule has 2 aliphatic rings. The number of hydrogen-bond acceptors (Lipinski definition) is 5. The Kier molecular flexibility index (Phi) is 2.44. The topological polar surface area (TPSA) is 51.0 Å². The highest BCUT2D eigenvalue weighted by Crippen LogP contribution is 2.39. The summed E-state index contributed by atoms with van der Waals surface area (Å²) in [6.07, 6.45) is 5.79. The molecule has 2 saturated heterocycles. The lowest BCUT2D eigenvalue weighted by Gasteiger charge is -2.15. The van der Waals surface area contributed by atoms with Crippen molar-refractivity contribution in [2.24, 2.45) is 0 Å². The van der Waals surface area contributed by atoms with Gasteiger partial charge in [-0.15, -0.1) is 0 Å². The summed E-state index contributed by atoms with van der Waals surface area (Å²) in [6.45, 7) is 0. The number of aromatic nitrogens is 2. The molecule has 2 bridgehead atoms. The van der Waals surface area contributed by atoms with E-state index in [0.717, 1.165) is 17.5 Å². The van der Waals surface area contributed by atoms with Gasteiger partial charge in [-0.2, -0.15) is 16.7 Å². The number of thioether (sulfide) groups is 1. The van der Waals surface area contributed by atoms with Gasteiger partial charge in [0.2, 0.25) is 5.89 Å². The third-order valence-corrected chi connectivity index (χ3v) is 3.92. The lowest BCUT2D eigenvalue weighted by Crippen LogP contribution is -2.21. The second-order valence-corrected chi connectivity index (χ2v) is 5.24. The Morgan fingerprint density at radius 3 is 3.13 bits per heavy atom. The third kappa shape index (κ3) is 1.67. The van der Waals surface area contributed by atoms with E-state index >= 15 is 0 Å². The van der Waals surface area contributed by atoms with Gasteiger partial charge < -0.3 is 9.84 Å². The Morgan fingerprint density at radius 2 is 2.47 bits per heavy atom. The van der Waals surface area contributed by atoms with Gasteiger partial charge >= 0.3 is 0 Å². The van der Waals surface area contributed by atoms with E-state index in [9.17, 15) is 0 Å². The Morgan fingerprint density at radius 1 is 1.53 bits per heavy atom. The Hall–Kier alpha value is -0.550. The molecule has 0 radical (unpaired) electrons. The van der Waals surface area contributed by atoms with Gasteiger partial charge in [0.1, 0.15) is 0 Å². The van der Waals surface area contributed by atoms with Crippen molar-refractivity contribution in [1.29, 1.82) is 0 Å². The van der Waals surface area contributed by atoms with Crippen molar-refractivity contribution in [3.8, 4) is 0 Å². The standard InChI is InChI=1S/C10H15N3OS/c1-15-5-9-12-10(14-13-9)7-4-6-2-3-8(7)11-6/h6-8,11H,2-5H2,1H3. The smallest absolute Gasteiger partial charge is 0.231 e. The summed E-state index contributed by atoms with van der Waals surface area (Å²) in [5, 5.41) is 7.58. The zero-order valence-corrected chi connectivity index (χ0v) is 9.59. The molecule has 3 heterocycles. The molecular weight excluding hydrogens is 210 g/mol. The molecule has 1 aromatic rings. The fourth-order valence-corrected chi connectivity index (χ4v) is 3.08. The largest absolute Gasteiger partial charge is 0.339 e. The number of rotatable bonds is 3. The molecule has 3 unspecified atom stereocenters. The van der Waals surface area contributed by atoms with Gasteiger partial charge in [0.05, 0.1) is 11.7 Å². The van der Waals surface area contributed by atoms with E-state index in [4.69, 9.17) is 4.52 Å². The first kappa shape index (κ1) is 9.66. The average molecular weight is 225 g/mol. The van der Waals surface area contributed by atoms with Crippen LogP contribution in [0.2, 0.25) is 0 Å². The van der Waals surface area contributed by atoms with E-state index in [-0.39, 0.29) is 0 Å². The van der Waals surface area contributed by atoms with Crippen LogP contribution < -0.4 is 5.32 Å². The van der Waals surface area contributed by atoms with Crippen LogP contribution >= 0.6 is 11.8 Å². The van der Waals surface area contributed by atoms with Crippen LogP contribution in [0.25, 0.3) is 0 Å². The van der Waals surface area contributed by atoms with Crippen molar-refractivity contribution >= 4 is 11.8 Å². The summed E-state index contributed by atoms with van der Waals surface area (Å²) >= 11 is 1.73. The van der Waals surface area contributed by atoms with Crippen molar-refractivity contribution in [3.05, 3.63) is 11.7 Å². The van der Waals surface area contributed by atoms with Crippen LogP contribution in [0.3, 0.4) is 0 Å². The van der Waals surface area contributed by atoms with Crippen LogP contribution in [0.5, 0.6) is 0 Å². The van der Waals surface area contributed by atoms with Crippen molar-refractivity contribution < 1.29 is 4.52 Å². The molecule has 0 aromatic carbocycles. The highest BCUT2D eigenvalue weighted by Gasteiger charge is 2.42. The van der Waals surface area contributed by atoms with E-state index < -0.39 is 0 Å². The van der Waals surface area contributed by atoms with Crippen molar-refractivity contribution in [3.63, 3.8) is 0 Å². The molecule has 1 N–H and O–H groups in total. The third-order valence-electron chi connectivity index (χ3n) is 3.37. The minimum Gasteiger partial charge on any atom is -0.339 e. The highest BCUT2D eigenvalue weighted by molar-refractivity contribution is 7.97. The summed E-state index contributed by atoms with van der Waals surface area (Å²) in [7, 11) is 0. The van der Waals surface area contributed by atoms with Gasteiger partial charge in [0.25, 0.3) is 0 Å². The zero-order valence-electron chi connectivity index (χ0n) is 8.77. The van der Waals surface area contributed by atoms with Gasteiger partial charge in [-0.25, -0.2) is 0 Å². The number of fused-ring (bicyclic) bond motifs is 2. The molecule has 0 spiro atoms. The maximum Gasteiger partial charge on any atom is 0.231 e. The molecule has 2 fully saturated rings. The van der Waals surface area contributed by atoms with Gasteiger partial charge in [0.15, 0.2) is 5.82 Å². The lowest BCUT2D eigenvalue weighted by molar-refractivity contribution is 0.327. The molecule has 0 aliphatic carbocycles. The first-order chi connectivity index (χ1) is 7.36. The van der Waals surface area contributed by atoms with Gasteiger partial charge in [0, 0.05) is 12.1 Å². The van der Waals surface area contributed by atoms with E-state index in [2.05, 4.69) is 21.7 Å². The minimum atomic E-state index is 0.465. The quantitative estimate of drug-likeness (QED) is 0.845. The fourth-order valence-electron chi connectivity index (χ4n) is 2.70. The Bertz CT molecular complexity index is 354. The summed E-state index contributed by atoms with van der Waals surface area (Å²) < 4.78 is 5.34. The molecule has 15 heavy (non-hydrogen) atoms. The highest BCUT2D eigenvalue weighted by atomic mass is 32.2. The predicted octanol–water partition coefficient (Wildman–Crippen LogP) is 1.54. The molecule has 3 atom stereocenters. The number of nitrogens with zero attached hydrogens (tertiary/aromatic N) is 2. The monoisotopic (exact) mass is 225 g/mol. The summed E-state index contributed by atoms with van der Waals surface area (Å²) in [6, 6.07) is 1.27. The maximum atomic E-state index is 5.34. The van der Waals surface area contributed by atoms with Gasteiger partial charge in [-0.3, -0.25) is 0 Å². The van der Waals surface area contributed by atoms with Crippen LogP contribution in [0, 0.1) is 0 Å². The van der Waals surface area contributed by atoms with Crippen molar-refractivity contribution in [1.82, 2.24) is 15.5 Å². The second kappa shape index (κ2) is 3.79. The number of hydrogen-bond donors (Lipinski definition) is 1. The molecule has 0 amide bonds. The van der Waals surface area contributed by atoms with E-state index in [0.29, 0.717) is 18.0 Å². The minimum absolute atomic E-state index is 0.465. The van der Waals surface area contributed by atoms with Crippen LogP contribution in [0.15, 0.2) is 4.52 Å². The molecule has 3 rings (SSSR count). The van der Waals surface area contributed by atoms with Crippen LogP contribution in [0.1, 0.15) is 36.9 Å². The van der Waals surface area contributed by atoms with Crippen LogP contribution in [-0.4, -0.2) is 28.5 Å². The van der Waals surface area contributed by atoms with Gasteiger partial charge in [-0.1, -0.05) is 5.16 Å². The predicted molar refractivity (Wildman–Crippen MR) is 58.8 cm³/mol. The van der Waals surface area contributed by atoms with Crippen LogP contribution in [0.4, 0.5) is 0 Å². The van der Waals surface area contributed by atoms with Gasteiger partial charge in [-0.05, 0) is 25.5 Å². The van der Waals surface area contributed by atoms with Crippen LogP contribution in [-0.2, 0) is 5.75 Å². The number of nitrogens with one attached hydrogen (secondary N) is 1. The molecule has 1 aromatic heterocycles. The first-order valence-corrected chi connectivity index (χ1v) is 6.83. The second-order valence-electron chi connectivity index (χ2n) is 4.37. The normalized spacial score (nSPS) is 33.8. The summed E-state index contributed by atoms with van der Waals surface area (Å²) in [5.41, 5.74) is 0. The maximum absolute atomic E-state index is 5.34. The Balaban J connectivity index is 1.75. The average Bonchev–Trinajstić information content (AvgIpc) is 2.91. The van der Waals surface area contributed by atoms with Crippen molar-refractivity contribution in [2.75, 3.05) is 6.26 Å². The summed E-state index contributed by atoms with van der Waals surface area (Å²) in [4.78, 5) is 4.46. The molecule has 5 heteroatoms. The molecular formula is C10H15N3OS. The molecule has 0 saturated carbocycles. The molecule has 2 aliphatic heterocycles. The summed E-state index contributed by atoms with van der Waals surface area (Å²) in [5.74, 6) is 2.99. The molecule has 4 nitrogen and oxygen atoms in total. The molecule has 82 valence electrons. The fraction of sp³-hybridized carbons (Fsp3) is 0.800.